The van der Waals surface area contributed by atoms with Crippen LogP contribution in [0.4, 0.5) is 5.69 Å². The Kier molecular flexibility index (Phi) is 5.94. The maximum Gasteiger partial charge on any atom is 0.339 e. The predicted molar refractivity (Wildman–Crippen MR) is 120 cm³/mol. The van der Waals surface area contributed by atoms with E-state index in [2.05, 4.69) is 12.2 Å². The number of primary sulfonamides is 1. The van der Waals surface area contributed by atoms with Crippen molar-refractivity contribution < 1.29 is 22.7 Å². The van der Waals surface area contributed by atoms with Crippen LogP contribution >= 0.6 is 0 Å². The number of fused-ring (bicyclic) bond motifs is 2. The number of aromatic nitrogens is 1. The minimum Gasteiger partial charge on any atom is -0.452 e. The molecule has 0 fully saturated rings. The average Bonchev–Trinajstić information content (AvgIpc) is 2.75. The molecule has 1 heterocycles. The van der Waals surface area contributed by atoms with Crippen LogP contribution in [0.15, 0.2) is 53.4 Å². The molecule has 1 atom stereocenters. The summed E-state index contributed by atoms with van der Waals surface area (Å²) in [5.74, 6) is -0.670. The van der Waals surface area contributed by atoms with Crippen LogP contribution in [0.1, 0.15) is 35.0 Å². The van der Waals surface area contributed by atoms with Crippen LogP contribution in [0.25, 0.3) is 10.9 Å². The first kappa shape index (κ1) is 21.9. The number of amides is 1. The smallest absolute Gasteiger partial charge is 0.339 e. The zero-order chi connectivity index (χ0) is 22.9. The van der Waals surface area contributed by atoms with Gasteiger partial charge in [0.15, 0.2) is 6.61 Å². The van der Waals surface area contributed by atoms with E-state index in [-0.39, 0.29) is 4.90 Å². The molecule has 4 rings (SSSR count). The fraction of sp³-hybridized carbons (Fsp3) is 0.261. The third kappa shape index (κ3) is 4.63. The number of carbonyl (C=O) groups excluding carboxylic acids is 2. The molecule has 0 bridgehead atoms. The Bertz CT molecular complexity index is 1300. The van der Waals surface area contributed by atoms with Crippen molar-refractivity contribution in [1.82, 2.24) is 4.98 Å². The third-order valence-corrected chi connectivity index (χ3v) is 6.44. The number of nitrogens with zero attached hydrogens (tertiary/aromatic N) is 1. The van der Waals surface area contributed by atoms with Crippen molar-refractivity contribution in [2.24, 2.45) is 11.1 Å². The second-order valence-corrected chi connectivity index (χ2v) is 9.53. The summed E-state index contributed by atoms with van der Waals surface area (Å²) in [7, 11) is -3.82. The fourth-order valence-electron chi connectivity index (χ4n) is 3.92. The molecule has 0 radical (unpaired) electrons. The molecule has 3 aromatic rings. The number of aryl methyl sites for hydroxylation is 1. The van der Waals surface area contributed by atoms with Gasteiger partial charge in [-0.15, -0.1) is 0 Å². The van der Waals surface area contributed by atoms with E-state index < -0.39 is 28.5 Å². The summed E-state index contributed by atoms with van der Waals surface area (Å²) in [6, 6.07) is 12.8. The van der Waals surface area contributed by atoms with Gasteiger partial charge in [-0.25, -0.2) is 18.4 Å². The number of hydrogen-bond acceptors (Lipinski definition) is 6. The lowest BCUT2D eigenvalue weighted by Crippen LogP contribution is -2.23. The van der Waals surface area contributed by atoms with Crippen LogP contribution in [0.2, 0.25) is 0 Å². The molecule has 0 saturated carbocycles. The van der Waals surface area contributed by atoms with Crippen molar-refractivity contribution >= 4 is 38.5 Å². The molecular weight excluding hydrogens is 430 g/mol. The first-order valence-corrected chi connectivity index (χ1v) is 11.8. The Morgan fingerprint density at radius 3 is 2.59 bits per heavy atom. The highest BCUT2D eigenvalue weighted by Gasteiger charge is 2.26. The molecule has 0 spiro atoms. The van der Waals surface area contributed by atoms with Gasteiger partial charge in [0, 0.05) is 16.8 Å². The van der Waals surface area contributed by atoms with E-state index in [9.17, 15) is 18.0 Å². The van der Waals surface area contributed by atoms with Gasteiger partial charge in [0.2, 0.25) is 10.0 Å². The molecule has 1 aliphatic carbocycles. The first-order valence-electron chi connectivity index (χ1n) is 10.2. The van der Waals surface area contributed by atoms with Crippen LogP contribution < -0.4 is 10.5 Å². The number of ether oxygens (including phenoxy) is 1. The number of nitrogens with two attached hydrogens (primary N) is 1. The van der Waals surface area contributed by atoms with Crippen LogP contribution in [0, 0.1) is 5.92 Å². The quantitative estimate of drug-likeness (QED) is 0.572. The number of carbonyl (C=O) groups is 2. The predicted octanol–water partition coefficient (Wildman–Crippen LogP) is 2.80. The van der Waals surface area contributed by atoms with E-state index in [0.29, 0.717) is 22.6 Å². The highest BCUT2D eigenvalue weighted by atomic mass is 32.2. The number of para-hydroxylation sites is 1. The number of rotatable bonds is 5. The molecule has 1 unspecified atom stereocenters. The van der Waals surface area contributed by atoms with Crippen molar-refractivity contribution in [1.29, 1.82) is 0 Å². The Labute approximate surface area is 185 Å². The summed E-state index contributed by atoms with van der Waals surface area (Å²) in [5.41, 5.74) is 3.37. The van der Waals surface area contributed by atoms with Crippen LogP contribution in [0.3, 0.4) is 0 Å². The molecule has 3 N–H and O–H groups in total. The molecular formula is C23H23N3O5S. The van der Waals surface area contributed by atoms with E-state index in [1.165, 1.54) is 24.3 Å². The fourth-order valence-corrected chi connectivity index (χ4v) is 4.44. The first-order chi connectivity index (χ1) is 15.2. The lowest BCUT2D eigenvalue weighted by atomic mass is 9.84. The minimum absolute atomic E-state index is 0.0644. The molecule has 8 nitrogen and oxygen atoms in total. The van der Waals surface area contributed by atoms with E-state index in [0.717, 1.165) is 36.0 Å². The molecule has 2 aromatic carbocycles. The molecule has 1 amide bonds. The van der Waals surface area contributed by atoms with Crippen molar-refractivity contribution in [2.45, 2.75) is 31.1 Å². The summed E-state index contributed by atoms with van der Waals surface area (Å²) >= 11 is 0. The highest BCUT2D eigenvalue weighted by molar-refractivity contribution is 7.89. The topological polar surface area (TPSA) is 128 Å². The number of esters is 1. The number of sulfonamides is 1. The van der Waals surface area contributed by atoms with Crippen molar-refractivity contribution in [2.75, 3.05) is 11.9 Å². The van der Waals surface area contributed by atoms with Crippen molar-refractivity contribution in [3.63, 3.8) is 0 Å². The largest absolute Gasteiger partial charge is 0.452 e. The van der Waals surface area contributed by atoms with Gasteiger partial charge in [0.1, 0.15) is 0 Å². The normalized spacial score (nSPS) is 15.8. The van der Waals surface area contributed by atoms with Gasteiger partial charge in [-0.3, -0.25) is 9.78 Å². The Hall–Kier alpha value is -3.30. The number of anilines is 1. The van der Waals surface area contributed by atoms with Gasteiger partial charge in [-0.1, -0.05) is 25.1 Å². The summed E-state index contributed by atoms with van der Waals surface area (Å²) in [5, 5.41) is 8.35. The minimum atomic E-state index is -3.82. The molecule has 9 heteroatoms. The average molecular weight is 454 g/mol. The van der Waals surface area contributed by atoms with Gasteiger partial charge >= 0.3 is 5.97 Å². The van der Waals surface area contributed by atoms with Crippen molar-refractivity contribution in [3.05, 3.63) is 65.4 Å². The van der Waals surface area contributed by atoms with Gasteiger partial charge < -0.3 is 10.1 Å². The van der Waals surface area contributed by atoms with Crippen molar-refractivity contribution in [3.8, 4) is 0 Å². The monoisotopic (exact) mass is 453 g/mol. The zero-order valence-corrected chi connectivity index (χ0v) is 18.3. The molecule has 32 heavy (non-hydrogen) atoms. The Morgan fingerprint density at radius 2 is 1.88 bits per heavy atom. The van der Waals surface area contributed by atoms with Gasteiger partial charge in [-0.05, 0) is 61.1 Å². The standard InChI is InChI=1S/C23H23N3O5S/c1-14-6-11-20-18(12-14)22(17-4-2-3-5-19(17)26-20)23(28)31-13-21(27)25-15-7-9-16(10-8-15)32(24,29)30/h2-5,7-10,14H,6,11-13H2,1H3,(H,25,27)(H2,24,29,30). The second-order valence-electron chi connectivity index (χ2n) is 7.97. The van der Waals surface area contributed by atoms with Gasteiger partial charge in [0.05, 0.1) is 16.0 Å². The zero-order valence-electron chi connectivity index (χ0n) is 17.5. The highest BCUT2D eigenvalue weighted by Crippen LogP contribution is 2.32. The molecule has 166 valence electrons. The molecule has 1 aliphatic rings. The maximum absolute atomic E-state index is 13.0. The molecule has 1 aromatic heterocycles. The number of hydrogen-bond donors (Lipinski definition) is 2. The van der Waals surface area contributed by atoms with Crippen LogP contribution in [0.5, 0.6) is 0 Å². The number of pyridine rings is 1. The summed E-state index contributed by atoms with van der Waals surface area (Å²) in [6.45, 7) is 1.67. The lowest BCUT2D eigenvalue weighted by molar-refractivity contribution is -0.119. The number of nitrogens with one attached hydrogen (secondary N) is 1. The van der Waals surface area contributed by atoms with E-state index in [1.54, 1.807) is 0 Å². The lowest BCUT2D eigenvalue weighted by Gasteiger charge is -2.24. The van der Waals surface area contributed by atoms with Gasteiger partial charge in [-0.2, -0.15) is 0 Å². The number of benzene rings is 2. The summed E-state index contributed by atoms with van der Waals surface area (Å²) in [4.78, 5) is 30.0. The summed E-state index contributed by atoms with van der Waals surface area (Å²) < 4.78 is 28.0. The van der Waals surface area contributed by atoms with Crippen LogP contribution in [-0.2, 0) is 32.4 Å². The third-order valence-electron chi connectivity index (χ3n) is 5.51. The SMILES string of the molecule is CC1CCc2nc3ccccc3c(C(=O)OCC(=O)Nc3ccc(S(N)(=O)=O)cc3)c2C1. The molecule has 0 aliphatic heterocycles. The van der Waals surface area contributed by atoms with E-state index in [1.807, 2.05) is 24.3 Å². The summed E-state index contributed by atoms with van der Waals surface area (Å²) in [6.07, 6.45) is 2.55. The second kappa shape index (κ2) is 8.68. The van der Waals surface area contributed by atoms with E-state index in [4.69, 9.17) is 14.9 Å². The maximum atomic E-state index is 13.0. The van der Waals surface area contributed by atoms with Crippen LogP contribution in [-0.4, -0.2) is 31.9 Å². The molecule has 0 saturated heterocycles. The Morgan fingerprint density at radius 1 is 1.16 bits per heavy atom. The van der Waals surface area contributed by atoms with Gasteiger partial charge in [0.25, 0.3) is 5.91 Å². The van der Waals surface area contributed by atoms with E-state index >= 15 is 0 Å². The Balaban J connectivity index is 1.51.